The van der Waals surface area contributed by atoms with Crippen LogP contribution in [-0.2, 0) is 14.9 Å². The molecule has 0 radical (unpaired) electrons. The van der Waals surface area contributed by atoms with Gasteiger partial charge in [-0.25, -0.2) is 0 Å². The van der Waals surface area contributed by atoms with E-state index in [1.807, 2.05) is 38.1 Å². The van der Waals surface area contributed by atoms with Crippen LogP contribution in [0.3, 0.4) is 0 Å². The van der Waals surface area contributed by atoms with Gasteiger partial charge in [0, 0.05) is 19.6 Å². The van der Waals surface area contributed by atoms with Crippen LogP contribution in [0.15, 0.2) is 24.3 Å². The molecule has 0 aromatic heterocycles. The number of morpholine rings is 1. The van der Waals surface area contributed by atoms with Gasteiger partial charge in [-0.3, -0.25) is 9.69 Å². The molecule has 116 valence electrons. The summed E-state index contributed by atoms with van der Waals surface area (Å²) in [6, 6.07) is 7.59. The second-order valence-corrected chi connectivity index (χ2v) is 5.82. The minimum atomic E-state index is -0.691. The van der Waals surface area contributed by atoms with E-state index in [0.717, 1.165) is 44.2 Å². The SMILES string of the molecule is CC(C)(C(N)=O)c1cccc(OCCN2CCOCC2)c1. The van der Waals surface area contributed by atoms with Crippen molar-refractivity contribution >= 4 is 5.91 Å². The minimum absolute atomic E-state index is 0.340. The Hall–Kier alpha value is -1.59. The van der Waals surface area contributed by atoms with Crippen molar-refractivity contribution in [2.45, 2.75) is 19.3 Å². The first-order valence-electron chi connectivity index (χ1n) is 7.33. The van der Waals surface area contributed by atoms with E-state index in [1.165, 1.54) is 0 Å². The Labute approximate surface area is 126 Å². The fourth-order valence-electron chi connectivity index (χ4n) is 2.23. The molecular weight excluding hydrogens is 268 g/mol. The number of benzene rings is 1. The number of carbonyl (C=O) groups excluding carboxylic acids is 1. The lowest BCUT2D eigenvalue weighted by Gasteiger charge is -2.26. The van der Waals surface area contributed by atoms with Gasteiger partial charge in [-0.2, -0.15) is 0 Å². The van der Waals surface area contributed by atoms with E-state index in [2.05, 4.69) is 4.90 Å². The third-order valence-electron chi connectivity index (χ3n) is 3.95. The fourth-order valence-corrected chi connectivity index (χ4v) is 2.23. The molecule has 0 saturated carbocycles. The minimum Gasteiger partial charge on any atom is -0.492 e. The predicted molar refractivity (Wildman–Crippen MR) is 81.4 cm³/mol. The second-order valence-electron chi connectivity index (χ2n) is 5.82. The third-order valence-corrected chi connectivity index (χ3v) is 3.95. The van der Waals surface area contributed by atoms with E-state index >= 15 is 0 Å². The summed E-state index contributed by atoms with van der Waals surface area (Å²) in [6.45, 7) is 8.65. The summed E-state index contributed by atoms with van der Waals surface area (Å²) >= 11 is 0. The van der Waals surface area contributed by atoms with Crippen LogP contribution in [0, 0.1) is 0 Å². The first-order valence-corrected chi connectivity index (χ1v) is 7.33. The first kappa shape index (κ1) is 15.8. The summed E-state index contributed by atoms with van der Waals surface area (Å²) in [5, 5.41) is 0. The number of ether oxygens (including phenoxy) is 2. The van der Waals surface area contributed by atoms with Gasteiger partial charge in [0.1, 0.15) is 12.4 Å². The van der Waals surface area contributed by atoms with Crippen LogP contribution in [0.25, 0.3) is 0 Å². The van der Waals surface area contributed by atoms with Gasteiger partial charge < -0.3 is 15.2 Å². The van der Waals surface area contributed by atoms with Crippen LogP contribution in [0.2, 0.25) is 0 Å². The maximum Gasteiger partial charge on any atom is 0.227 e. The highest BCUT2D eigenvalue weighted by atomic mass is 16.5. The van der Waals surface area contributed by atoms with Crippen LogP contribution >= 0.6 is 0 Å². The van der Waals surface area contributed by atoms with E-state index in [0.29, 0.717) is 6.61 Å². The Balaban J connectivity index is 1.90. The van der Waals surface area contributed by atoms with E-state index < -0.39 is 5.41 Å². The summed E-state index contributed by atoms with van der Waals surface area (Å²) < 4.78 is 11.1. The lowest BCUT2D eigenvalue weighted by Crippen LogP contribution is -2.38. The topological polar surface area (TPSA) is 64.8 Å². The largest absolute Gasteiger partial charge is 0.492 e. The summed E-state index contributed by atoms with van der Waals surface area (Å²) in [5.41, 5.74) is 5.63. The highest BCUT2D eigenvalue weighted by Crippen LogP contribution is 2.26. The van der Waals surface area contributed by atoms with Crippen LogP contribution in [0.4, 0.5) is 0 Å². The Morgan fingerprint density at radius 1 is 1.38 bits per heavy atom. The van der Waals surface area contributed by atoms with Gasteiger partial charge in [-0.05, 0) is 31.5 Å². The molecule has 1 amide bonds. The summed E-state index contributed by atoms with van der Waals surface area (Å²) in [4.78, 5) is 13.8. The van der Waals surface area contributed by atoms with Crippen molar-refractivity contribution in [3.63, 3.8) is 0 Å². The average molecular weight is 292 g/mol. The molecule has 1 heterocycles. The second kappa shape index (κ2) is 6.91. The lowest BCUT2D eigenvalue weighted by atomic mass is 9.84. The van der Waals surface area contributed by atoms with Gasteiger partial charge in [-0.15, -0.1) is 0 Å². The number of nitrogens with two attached hydrogens (primary N) is 1. The Bertz CT molecular complexity index is 482. The number of nitrogens with zero attached hydrogens (tertiary/aromatic N) is 1. The number of amides is 1. The highest BCUT2D eigenvalue weighted by Gasteiger charge is 2.27. The molecule has 0 atom stereocenters. The zero-order valence-electron chi connectivity index (χ0n) is 12.8. The van der Waals surface area contributed by atoms with E-state index in [-0.39, 0.29) is 5.91 Å². The molecule has 0 aliphatic carbocycles. The third kappa shape index (κ3) is 4.19. The quantitative estimate of drug-likeness (QED) is 0.854. The van der Waals surface area contributed by atoms with Crippen molar-refractivity contribution in [1.82, 2.24) is 4.90 Å². The van der Waals surface area contributed by atoms with Gasteiger partial charge in [-0.1, -0.05) is 12.1 Å². The number of hydrogen-bond acceptors (Lipinski definition) is 4. The first-order chi connectivity index (χ1) is 10.00. The van der Waals surface area contributed by atoms with Gasteiger partial charge in [0.05, 0.1) is 18.6 Å². The van der Waals surface area contributed by atoms with Crippen LogP contribution < -0.4 is 10.5 Å². The van der Waals surface area contributed by atoms with Crippen molar-refractivity contribution in [3.8, 4) is 5.75 Å². The zero-order valence-corrected chi connectivity index (χ0v) is 12.8. The van der Waals surface area contributed by atoms with Crippen molar-refractivity contribution < 1.29 is 14.3 Å². The van der Waals surface area contributed by atoms with Crippen LogP contribution in [0.1, 0.15) is 19.4 Å². The van der Waals surface area contributed by atoms with Crippen LogP contribution in [0.5, 0.6) is 5.75 Å². The molecule has 0 bridgehead atoms. The number of primary amides is 1. The molecule has 1 aliphatic rings. The zero-order chi connectivity index (χ0) is 15.3. The molecule has 1 fully saturated rings. The molecule has 1 saturated heterocycles. The molecule has 1 aromatic rings. The molecule has 1 aromatic carbocycles. The molecule has 0 spiro atoms. The Morgan fingerprint density at radius 2 is 2.10 bits per heavy atom. The lowest BCUT2D eigenvalue weighted by molar-refractivity contribution is -0.122. The van der Waals surface area contributed by atoms with E-state index in [4.69, 9.17) is 15.2 Å². The summed E-state index contributed by atoms with van der Waals surface area (Å²) in [6.07, 6.45) is 0. The molecule has 2 N–H and O–H groups in total. The monoisotopic (exact) mass is 292 g/mol. The number of carbonyl (C=O) groups is 1. The molecule has 5 nitrogen and oxygen atoms in total. The van der Waals surface area contributed by atoms with E-state index in [1.54, 1.807) is 0 Å². The highest BCUT2D eigenvalue weighted by molar-refractivity contribution is 5.85. The molecule has 0 unspecified atom stereocenters. The van der Waals surface area contributed by atoms with Crippen molar-refractivity contribution in [3.05, 3.63) is 29.8 Å². The van der Waals surface area contributed by atoms with Crippen molar-refractivity contribution in [2.24, 2.45) is 5.73 Å². The predicted octanol–water partition coefficient (Wildman–Crippen LogP) is 1.16. The summed E-state index contributed by atoms with van der Waals surface area (Å²) in [5.74, 6) is 0.433. The average Bonchev–Trinajstić information content (AvgIpc) is 2.48. The Kier molecular flexibility index (Phi) is 5.20. The standard InChI is InChI=1S/C16H24N2O3/c1-16(2,15(17)19)13-4-3-5-14(12-13)21-11-8-18-6-9-20-10-7-18/h3-5,12H,6-11H2,1-2H3,(H2,17,19). The molecular formula is C16H24N2O3. The normalized spacial score (nSPS) is 16.7. The van der Waals surface area contributed by atoms with Gasteiger partial charge in [0.15, 0.2) is 0 Å². The van der Waals surface area contributed by atoms with E-state index in [9.17, 15) is 4.79 Å². The molecule has 2 rings (SSSR count). The van der Waals surface area contributed by atoms with Crippen molar-refractivity contribution in [1.29, 1.82) is 0 Å². The van der Waals surface area contributed by atoms with Gasteiger partial charge in [0.2, 0.25) is 5.91 Å². The fraction of sp³-hybridized carbons (Fsp3) is 0.562. The maximum absolute atomic E-state index is 11.5. The maximum atomic E-state index is 11.5. The number of rotatable bonds is 6. The van der Waals surface area contributed by atoms with Gasteiger partial charge >= 0.3 is 0 Å². The van der Waals surface area contributed by atoms with Gasteiger partial charge in [0.25, 0.3) is 0 Å². The van der Waals surface area contributed by atoms with Crippen LogP contribution in [-0.4, -0.2) is 50.3 Å². The summed E-state index contributed by atoms with van der Waals surface area (Å²) in [7, 11) is 0. The molecule has 1 aliphatic heterocycles. The number of hydrogen-bond donors (Lipinski definition) is 1. The van der Waals surface area contributed by atoms with Crippen molar-refractivity contribution in [2.75, 3.05) is 39.5 Å². The Morgan fingerprint density at radius 3 is 2.76 bits per heavy atom. The smallest absolute Gasteiger partial charge is 0.227 e. The molecule has 21 heavy (non-hydrogen) atoms. The molecule has 5 heteroatoms.